The molecule has 0 aliphatic heterocycles. The number of carbonyl (C=O) groups excluding carboxylic acids is 6. The molecule has 9 aromatic rings. The Kier molecular flexibility index (Phi) is 21.6. The van der Waals surface area contributed by atoms with E-state index in [4.69, 9.17) is 23.2 Å². The number of aryl methyl sites for hydroxylation is 3. The topological polar surface area (TPSA) is 151 Å². The molecule has 0 aromatic heterocycles. The predicted octanol–water partition coefficient (Wildman–Crippen LogP) is 15.0. The summed E-state index contributed by atoms with van der Waals surface area (Å²) in [5.41, 5.74) is 11.0. The van der Waals surface area contributed by atoms with Crippen molar-refractivity contribution in [2.75, 3.05) is 10.6 Å². The van der Waals surface area contributed by atoms with Crippen LogP contribution in [0.2, 0.25) is 10.0 Å². The Labute approximate surface area is 493 Å². The molecule has 4 amide bonds. The lowest BCUT2D eigenvalue weighted by atomic mass is 10.00. The smallest absolute Gasteiger partial charge is 0.272 e. The summed E-state index contributed by atoms with van der Waals surface area (Å²) in [6, 6.07) is 72.3. The van der Waals surface area contributed by atoms with Gasteiger partial charge in [-0.05, 0) is 149 Å². The lowest BCUT2D eigenvalue weighted by Crippen LogP contribution is -2.30. The normalized spacial score (nSPS) is 11.1. The summed E-state index contributed by atoms with van der Waals surface area (Å²) < 4.78 is 0. The molecular weight excluding hydrogens is 1080 g/mol. The van der Waals surface area contributed by atoms with Gasteiger partial charge >= 0.3 is 0 Å². The van der Waals surface area contributed by atoms with Crippen LogP contribution in [0.25, 0.3) is 23.3 Å². The highest BCUT2D eigenvalue weighted by Gasteiger charge is 2.18. The van der Waals surface area contributed by atoms with Crippen LogP contribution in [-0.4, -0.2) is 35.2 Å². The molecule has 0 saturated carbocycles. The molecule has 0 fully saturated rings. The minimum atomic E-state index is -0.480. The Morgan fingerprint density at radius 1 is 0.386 bits per heavy atom. The molecule has 9 aromatic carbocycles. The summed E-state index contributed by atoms with van der Waals surface area (Å²) in [6.45, 7) is 2.04. The molecule has 0 heterocycles. The van der Waals surface area contributed by atoms with Crippen molar-refractivity contribution < 1.29 is 28.8 Å². The van der Waals surface area contributed by atoms with Crippen LogP contribution in [0.3, 0.4) is 0 Å². The zero-order valence-corrected chi connectivity index (χ0v) is 47.1. The first-order valence-corrected chi connectivity index (χ1v) is 27.8. The largest absolute Gasteiger partial charge is 0.321 e. The van der Waals surface area contributed by atoms with Crippen molar-refractivity contribution in [3.8, 4) is 11.1 Å². The molecule has 0 radical (unpaired) electrons. The zero-order chi connectivity index (χ0) is 58.3. The molecule has 12 heteroatoms. The van der Waals surface area contributed by atoms with Gasteiger partial charge in [0.2, 0.25) is 0 Å². The quantitative estimate of drug-likeness (QED) is 0.0526. The zero-order valence-electron chi connectivity index (χ0n) is 45.6. The summed E-state index contributed by atoms with van der Waals surface area (Å²) in [5, 5.41) is 12.3. The second-order valence-corrected chi connectivity index (χ2v) is 20.5. The number of benzene rings is 9. The van der Waals surface area contributed by atoms with Gasteiger partial charge in [0.15, 0.2) is 0 Å². The summed E-state index contributed by atoms with van der Waals surface area (Å²) in [5.74, 6) is -1.45. The van der Waals surface area contributed by atoms with Gasteiger partial charge in [0, 0.05) is 58.2 Å². The van der Waals surface area contributed by atoms with E-state index in [-0.39, 0.29) is 23.0 Å². The van der Waals surface area contributed by atoms with E-state index in [0.29, 0.717) is 82.2 Å². The van der Waals surface area contributed by atoms with Crippen LogP contribution >= 0.6 is 23.2 Å². The SMILES string of the molecule is Cc1cccc(CCC(=O)Cc2ccc(NC(=O)/C(=C/c3ccc(Cl)cc3)NC(=O)c3ccccc3)cc2)c1.O=C(CCc1ccc(-c2ccccc2)cc1)Cc1ccc(NC(=O)/C(=C/c2ccc(Cl)cc2)NC(=O)c2ccccc2)cc1. The molecule has 0 bridgehead atoms. The Morgan fingerprint density at radius 3 is 1.19 bits per heavy atom. The number of Topliss-reactive ketones (excluding diaryl/α,β-unsaturated/α-hetero) is 2. The van der Waals surface area contributed by atoms with Crippen LogP contribution in [0.1, 0.15) is 72.5 Å². The van der Waals surface area contributed by atoms with Crippen LogP contribution in [0.4, 0.5) is 11.4 Å². The van der Waals surface area contributed by atoms with Gasteiger partial charge < -0.3 is 21.3 Å². The Hall–Kier alpha value is -9.74. The maximum atomic E-state index is 13.3. The molecule has 9 rings (SSSR count). The van der Waals surface area contributed by atoms with Gasteiger partial charge in [0.05, 0.1) is 0 Å². The lowest BCUT2D eigenvalue weighted by molar-refractivity contribution is -0.119. The van der Waals surface area contributed by atoms with Gasteiger partial charge in [-0.25, -0.2) is 0 Å². The lowest BCUT2D eigenvalue weighted by Gasteiger charge is -2.12. The third kappa shape index (κ3) is 19.2. The Bertz CT molecular complexity index is 3720. The van der Waals surface area contributed by atoms with Gasteiger partial charge in [0.1, 0.15) is 23.0 Å². The average molecular weight is 1140 g/mol. The van der Waals surface area contributed by atoms with Gasteiger partial charge in [-0.15, -0.1) is 0 Å². The molecule has 0 atom stereocenters. The van der Waals surface area contributed by atoms with Gasteiger partial charge in [-0.2, -0.15) is 0 Å². The fraction of sp³-hybridized carbons (Fsp3) is 0.0986. The highest BCUT2D eigenvalue weighted by Crippen LogP contribution is 2.22. The van der Waals surface area contributed by atoms with Crippen LogP contribution in [0.5, 0.6) is 0 Å². The molecular formula is C71H60Cl2N4O6. The summed E-state index contributed by atoms with van der Waals surface area (Å²) in [6.07, 6.45) is 6.14. The first-order chi connectivity index (χ1) is 40.3. The number of hydrogen-bond acceptors (Lipinski definition) is 6. The number of nitrogens with one attached hydrogen (secondary N) is 4. The van der Waals surface area contributed by atoms with Crippen molar-refractivity contribution in [1.82, 2.24) is 10.6 Å². The number of ketones is 2. The molecule has 0 spiro atoms. The van der Waals surface area contributed by atoms with Crippen LogP contribution < -0.4 is 21.3 Å². The van der Waals surface area contributed by atoms with E-state index < -0.39 is 23.6 Å². The van der Waals surface area contributed by atoms with Crippen LogP contribution in [0, 0.1) is 6.92 Å². The second kappa shape index (κ2) is 30.2. The highest BCUT2D eigenvalue weighted by molar-refractivity contribution is 6.31. The Morgan fingerprint density at radius 2 is 0.771 bits per heavy atom. The molecule has 4 N–H and O–H groups in total. The average Bonchev–Trinajstić information content (AvgIpc) is 3.51. The molecule has 414 valence electrons. The number of rotatable bonds is 21. The van der Waals surface area contributed by atoms with Gasteiger partial charge in [-0.1, -0.05) is 193 Å². The third-order valence-corrected chi connectivity index (χ3v) is 13.7. The van der Waals surface area contributed by atoms with E-state index >= 15 is 0 Å². The molecule has 83 heavy (non-hydrogen) atoms. The van der Waals surface area contributed by atoms with Crippen molar-refractivity contribution in [1.29, 1.82) is 0 Å². The van der Waals surface area contributed by atoms with Crippen molar-refractivity contribution in [2.45, 2.75) is 45.4 Å². The maximum absolute atomic E-state index is 13.3. The predicted molar refractivity (Wildman–Crippen MR) is 334 cm³/mol. The maximum Gasteiger partial charge on any atom is 0.272 e. The summed E-state index contributed by atoms with van der Waals surface area (Å²) in [4.78, 5) is 77.3. The third-order valence-electron chi connectivity index (χ3n) is 13.2. The fourth-order valence-electron chi connectivity index (χ4n) is 8.71. The minimum Gasteiger partial charge on any atom is -0.321 e. The molecule has 10 nitrogen and oxygen atoms in total. The van der Waals surface area contributed by atoms with E-state index in [2.05, 4.69) is 63.7 Å². The molecule has 0 unspecified atom stereocenters. The molecule has 0 saturated heterocycles. The van der Waals surface area contributed by atoms with E-state index in [1.165, 1.54) is 11.1 Å². The number of hydrogen-bond donors (Lipinski definition) is 4. The summed E-state index contributed by atoms with van der Waals surface area (Å²) >= 11 is 12.0. The fourth-order valence-corrected chi connectivity index (χ4v) is 8.96. The van der Waals surface area contributed by atoms with Crippen molar-refractivity contribution in [3.63, 3.8) is 0 Å². The number of amides is 4. The van der Waals surface area contributed by atoms with Crippen LogP contribution in [0.15, 0.2) is 248 Å². The number of anilines is 2. The minimum absolute atomic E-state index is 0.0808. The second-order valence-electron chi connectivity index (χ2n) is 19.6. The van der Waals surface area contributed by atoms with E-state index in [9.17, 15) is 28.8 Å². The van der Waals surface area contributed by atoms with Gasteiger partial charge in [-0.3, -0.25) is 28.8 Å². The number of carbonyl (C=O) groups is 6. The monoisotopic (exact) mass is 1130 g/mol. The first-order valence-electron chi connectivity index (χ1n) is 27.0. The Balaban J connectivity index is 0.000000219. The van der Waals surface area contributed by atoms with E-state index in [0.717, 1.165) is 27.8 Å². The van der Waals surface area contributed by atoms with Crippen molar-refractivity contribution in [3.05, 3.63) is 308 Å². The van der Waals surface area contributed by atoms with E-state index in [1.807, 2.05) is 79.7 Å². The number of halogens is 2. The first kappa shape index (κ1) is 59.4. The van der Waals surface area contributed by atoms with Gasteiger partial charge in [0.25, 0.3) is 23.6 Å². The molecule has 0 aliphatic rings. The molecule has 0 aliphatic carbocycles. The highest BCUT2D eigenvalue weighted by atomic mass is 35.5. The summed E-state index contributed by atoms with van der Waals surface area (Å²) in [7, 11) is 0. The van der Waals surface area contributed by atoms with Crippen molar-refractivity contribution in [2.24, 2.45) is 0 Å². The van der Waals surface area contributed by atoms with E-state index in [1.54, 1.807) is 133 Å². The van der Waals surface area contributed by atoms with Crippen LogP contribution in [-0.2, 0) is 44.9 Å². The standard InChI is InChI=1S/C38H31ClN2O3.C33H29ClN2O3/c39-33-20-13-29(14-21-33)26-36(41-37(43)32-9-5-2-6-10-32)38(44)40-34-22-15-28(16-23-34)25-35(42)24-17-27-11-18-31(19-12-27)30-7-3-1-4-8-30;1-23-6-5-7-24(20-23)14-19-30(37)21-25-12-17-29(18-13-25)35-33(39)31(22-26-10-15-28(34)16-11-26)36-32(38)27-8-3-2-4-9-27/h1-16,18-23,26H,17,24-25H2,(H,40,44)(H,41,43);2-13,15-18,20,22H,14,19,21H2,1H3,(H,35,39)(H,36,38)/b36-26-;31-22-. The van der Waals surface area contributed by atoms with Crippen molar-refractivity contribution >= 4 is 81.9 Å².